The fourth-order valence-corrected chi connectivity index (χ4v) is 4.18. The molecule has 3 heteroatoms. The van der Waals surface area contributed by atoms with Gasteiger partial charge in [-0.1, -0.05) is 19.3 Å². The molecular formula is C15H21BrN2. The SMILES string of the molecule is Cc1cc(Br)c(N2CC3(CCCCC3)C2)cc1N. The molecular weight excluding hydrogens is 288 g/mol. The van der Waals surface area contributed by atoms with Crippen molar-refractivity contribution in [1.82, 2.24) is 0 Å². The minimum absolute atomic E-state index is 0.622. The fourth-order valence-electron chi connectivity index (χ4n) is 3.47. The number of rotatable bonds is 1. The minimum Gasteiger partial charge on any atom is -0.398 e. The van der Waals surface area contributed by atoms with Gasteiger partial charge in [-0.05, 0) is 53.4 Å². The van der Waals surface area contributed by atoms with E-state index >= 15 is 0 Å². The fraction of sp³-hybridized carbons (Fsp3) is 0.600. The van der Waals surface area contributed by atoms with Gasteiger partial charge in [-0.25, -0.2) is 0 Å². The molecule has 0 aromatic heterocycles. The average molecular weight is 309 g/mol. The number of hydrogen-bond donors (Lipinski definition) is 1. The van der Waals surface area contributed by atoms with Crippen molar-refractivity contribution >= 4 is 27.3 Å². The maximum atomic E-state index is 6.03. The molecule has 2 nitrogen and oxygen atoms in total. The Morgan fingerprint density at radius 3 is 2.50 bits per heavy atom. The number of nitrogen functional groups attached to an aromatic ring is 1. The van der Waals surface area contributed by atoms with Crippen LogP contribution in [0.5, 0.6) is 0 Å². The maximum absolute atomic E-state index is 6.03. The molecule has 0 unspecified atom stereocenters. The van der Waals surface area contributed by atoms with E-state index in [1.807, 2.05) is 0 Å². The first-order valence-electron chi connectivity index (χ1n) is 6.90. The van der Waals surface area contributed by atoms with Crippen molar-refractivity contribution in [2.45, 2.75) is 39.0 Å². The largest absolute Gasteiger partial charge is 0.398 e. The Hall–Kier alpha value is -0.700. The minimum atomic E-state index is 0.622. The van der Waals surface area contributed by atoms with E-state index in [2.05, 4.69) is 39.9 Å². The summed E-state index contributed by atoms with van der Waals surface area (Å²) in [7, 11) is 0. The van der Waals surface area contributed by atoms with Crippen molar-refractivity contribution in [2.24, 2.45) is 5.41 Å². The van der Waals surface area contributed by atoms with Gasteiger partial charge >= 0.3 is 0 Å². The van der Waals surface area contributed by atoms with E-state index in [0.717, 1.165) is 11.3 Å². The zero-order chi connectivity index (χ0) is 12.8. The van der Waals surface area contributed by atoms with Gasteiger partial charge in [-0.2, -0.15) is 0 Å². The smallest absolute Gasteiger partial charge is 0.0531 e. The Labute approximate surface area is 118 Å². The molecule has 1 saturated carbocycles. The molecule has 1 spiro atoms. The van der Waals surface area contributed by atoms with Crippen molar-refractivity contribution < 1.29 is 0 Å². The van der Waals surface area contributed by atoms with E-state index in [-0.39, 0.29) is 0 Å². The third-order valence-corrected chi connectivity index (χ3v) is 5.28. The number of anilines is 2. The summed E-state index contributed by atoms with van der Waals surface area (Å²) >= 11 is 3.67. The van der Waals surface area contributed by atoms with Gasteiger partial charge in [0.1, 0.15) is 0 Å². The lowest BCUT2D eigenvalue weighted by Crippen LogP contribution is -2.57. The average Bonchev–Trinajstić information content (AvgIpc) is 2.32. The van der Waals surface area contributed by atoms with Crippen molar-refractivity contribution in [3.63, 3.8) is 0 Å². The van der Waals surface area contributed by atoms with Crippen molar-refractivity contribution in [2.75, 3.05) is 23.7 Å². The Morgan fingerprint density at radius 1 is 1.17 bits per heavy atom. The van der Waals surface area contributed by atoms with Gasteiger partial charge in [-0.3, -0.25) is 0 Å². The van der Waals surface area contributed by atoms with Crippen molar-refractivity contribution in [3.8, 4) is 0 Å². The molecule has 0 atom stereocenters. The molecule has 98 valence electrons. The maximum Gasteiger partial charge on any atom is 0.0531 e. The highest BCUT2D eigenvalue weighted by Gasteiger charge is 2.43. The molecule has 0 bridgehead atoms. The van der Waals surface area contributed by atoms with Crippen LogP contribution in [-0.2, 0) is 0 Å². The van der Waals surface area contributed by atoms with Crippen LogP contribution in [0, 0.1) is 12.3 Å². The van der Waals surface area contributed by atoms with E-state index in [1.54, 1.807) is 0 Å². The van der Waals surface area contributed by atoms with Crippen LogP contribution >= 0.6 is 15.9 Å². The van der Waals surface area contributed by atoms with E-state index in [1.165, 1.54) is 55.4 Å². The van der Waals surface area contributed by atoms with Gasteiger partial charge in [0.2, 0.25) is 0 Å². The first kappa shape index (κ1) is 12.3. The lowest BCUT2D eigenvalue weighted by molar-refractivity contribution is 0.139. The van der Waals surface area contributed by atoms with Crippen LogP contribution in [0.4, 0.5) is 11.4 Å². The Bertz CT molecular complexity index is 456. The van der Waals surface area contributed by atoms with Crippen LogP contribution in [-0.4, -0.2) is 13.1 Å². The van der Waals surface area contributed by atoms with Gasteiger partial charge in [0.25, 0.3) is 0 Å². The first-order valence-corrected chi connectivity index (χ1v) is 7.70. The molecule has 3 rings (SSSR count). The predicted molar refractivity (Wildman–Crippen MR) is 81.0 cm³/mol. The summed E-state index contributed by atoms with van der Waals surface area (Å²) in [6.07, 6.45) is 7.12. The second-order valence-corrected chi connectivity index (χ2v) is 6.93. The lowest BCUT2D eigenvalue weighted by Gasteiger charge is -2.54. The summed E-state index contributed by atoms with van der Waals surface area (Å²) < 4.78 is 1.18. The molecule has 1 aliphatic carbocycles. The van der Waals surface area contributed by atoms with Crippen molar-refractivity contribution in [1.29, 1.82) is 0 Å². The number of halogens is 1. The molecule has 18 heavy (non-hydrogen) atoms. The van der Waals surface area contributed by atoms with Crippen LogP contribution in [0.2, 0.25) is 0 Å². The van der Waals surface area contributed by atoms with Gasteiger partial charge in [0, 0.05) is 28.7 Å². The number of benzene rings is 1. The summed E-state index contributed by atoms with van der Waals surface area (Å²) in [6, 6.07) is 4.26. The molecule has 1 aliphatic heterocycles. The molecule has 1 aromatic carbocycles. The van der Waals surface area contributed by atoms with Crippen LogP contribution in [0.25, 0.3) is 0 Å². The summed E-state index contributed by atoms with van der Waals surface area (Å²) in [5.41, 5.74) is 9.98. The van der Waals surface area contributed by atoms with Gasteiger partial charge < -0.3 is 10.6 Å². The zero-order valence-corrected chi connectivity index (χ0v) is 12.6. The zero-order valence-electron chi connectivity index (χ0n) is 11.0. The predicted octanol–water partition coefficient (Wildman–Crippen LogP) is 4.11. The summed E-state index contributed by atoms with van der Waals surface area (Å²) in [6.45, 7) is 4.49. The Balaban J connectivity index is 1.76. The molecule has 2 N–H and O–H groups in total. The molecule has 1 aromatic rings. The van der Waals surface area contributed by atoms with Crippen LogP contribution in [0.3, 0.4) is 0 Å². The molecule has 2 fully saturated rings. The van der Waals surface area contributed by atoms with Crippen LogP contribution in [0.1, 0.15) is 37.7 Å². The van der Waals surface area contributed by atoms with Gasteiger partial charge in [-0.15, -0.1) is 0 Å². The van der Waals surface area contributed by atoms with E-state index < -0.39 is 0 Å². The monoisotopic (exact) mass is 308 g/mol. The van der Waals surface area contributed by atoms with Crippen LogP contribution < -0.4 is 10.6 Å². The summed E-state index contributed by atoms with van der Waals surface area (Å²) in [5.74, 6) is 0. The molecule has 1 heterocycles. The summed E-state index contributed by atoms with van der Waals surface area (Å²) in [5, 5.41) is 0. The lowest BCUT2D eigenvalue weighted by atomic mass is 9.68. The Morgan fingerprint density at radius 2 is 1.83 bits per heavy atom. The normalized spacial score (nSPS) is 22.0. The molecule has 0 amide bonds. The molecule has 0 radical (unpaired) electrons. The van der Waals surface area contributed by atoms with Gasteiger partial charge in [0.15, 0.2) is 0 Å². The topological polar surface area (TPSA) is 29.3 Å². The highest BCUT2D eigenvalue weighted by molar-refractivity contribution is 9.10. The van der Waals surface area contributed by atoms with E-state index in [4.69, 9.17) is 5.73 Å². The standard InChI is InChI=1S/C15H21BrN2/c1-11-7-12(16)14(8-13(11)17)18-9-15(10-18)5-3-2-4-6-15/h7-8H,2-6,9-10,17H2,1H3. The van der Waals surface area contributed by atoms with E-state index in [9.17, 15) is 0 Å². The number of nitrogens with zero attached hydrogens (tertiary/aromatic N) is 1. The summed E-state index contributed by atoms with van der Waals surface area (Å²) in [4.78, 5) is 2.48. The second-order valence-electron chi connectivity index (χ2n) is 6.08. The highest BCUT2D eigenvalue weighted by Crippen LogP contribution is 2.47. The third kappa shape index (κ3) is 2.03. The highest BCUT2D eigenvalue weighted by atomic mass is 79.9. The number of hydrogen-bond acceptors (Lipinski definition) is 2. The van der Waals surface area contributed by atoms with Crippen LogP contribution in [0.15, 0.2) is 16.6 Å². The molecule has 1 saturated heterocycles. The number of aryl methyl sites for hydroxylation is 1. The molecule has 2 aliphatic rings. The first-order chi connectivity index (χ1) is 8.60. The third-order valence-electron chi connectivity index (χ3n) is 4.64. The quantitative estimate of drug-likeness (QED) is 0.791. The van der Waals surface area contributed by atoms with E-state index in [0.29, 0.717) is 5.41 Å². The van der Waals surface area contributed by atoms with Crippen molar-refractivity contribution in [3.05, 3.63) is 22.2 Å². The van der Waals surface area contributed by atoms with Gasteiger partial charge in [0.05, 0.1) is 5.69 Å². The second kappa shape index (κ2) is 4.44. The Kier molecular flexibility index (Phi) is 3.05. The number of nitrogens with two attached hydrogens (primary N) is 1.